The van der Waals surface area contributed by atoms with Gasteiger partial charge in [-0.15, -0.1) is 4.91 Å². The van der Waals surface area contributed by atoms with E-state index in [-0.39, 0.29) is 17.2 Å². The van der Waals surface area contributed by atoms with Crippen LogP contribution in [0.4, 0.5) is 11.4 Å². The molecule has 3 aromatic rings. The highest BCUT2D eigenvalue weighted by molar-refractivity contribution is 6.00. The molecule has 0 radical (unpaired) electrons. The number of fused-ring (bicyclic) bond motifs is 2. The molecule has 0 bridgehead atoms. The van der Waals surface area contributed by atoms with Gasteiger partial charge >= 0.3 is 0 Å². The molecule has 0 spiro atoms. The van der Waals surface area contributed by atoms with Crippen LogP contribution in [0.3, 0.4) is 0 Å². The summed E-state index contributed by atoms with van der Waals surface area (Å²) in [6.07, 6.45) is 5.09. The van der Waals surface area contributed by atoms with Crippen LogP contribution in [-0.2, 0) is 0 Å². The first kappa shape index (κ1) is 14.9. The second-order valence-corrected chi connectivity index (χ2v) is 5.69. The van der Waals surface area contributed by atoms with Gasteiger partial charge in [-0.25, -0.2) is 0 Å². The molecule has 0 amide bonds. The van der Waals surface area contributed by atoms with E-state index in [9.17, 15) is 15.1 Å². The zero-order valence-electron chi connectivity index (χ0n) is 13.0. The number of phenolic OH excluding ortho intramolecular Hbond substituents is 2. The Balaban J connectivity index is 1.95. The number of aromatic nitrogens is 1. The summed E-state index contributed by atoms with van der Waals surface area (Å²) in [6, 6.07) is 8.39. The van der Waals surface area contributed by atoms with Crippen molar-refractivity contribution in [2.75, 3.05) is 5.32 Å². The highest BCUT2D eigenvalue weighted by atomic mass is 16.3. The van der Waals surface area contributed by atoms with Crippen molar-refractivity contribution in [2.45, 2.75) is 0 Å². The smallest absolute Gasteiger partial charge is 0.151 e. The number of aromatic hydroxyl groups is 2. The minimum Gasteiger partial charge on any atom is -0.505 e. The van der Waals surface area contributed by atoms with Crippen LogP contribution < -0.4 is 15.8 Å². The predicted octanol–water partition coefficient (Wildman–Crippen LogP) is 2.70. The summed E-state index contributed by atoms with van der Waals surface area (Å²) in [5.41, 5.74) is 1.85. The average molecular weight is 331 g/mol. The molecule has 0 saturated carbocycles. The van der Waals surface area contributed by atoms with Gasteiger partial charge in [-0.05, 0) is 29.5 Å². The van der Waals surface area contributed by atoms with Crippen molar-refractivity contribution in [1.29, 1.82) is 0 Å². The molecule has 6 nitrogen and oxygen atoms in total. The molecule has 1 aromatic heterocycles. The van der Waals surface area contributed by atoms with Crippen LogP contribution in [0.1, 0.15) is 5.56 Å². The topological polar surface area (TPSA) is 94.8 Å². The van der Waals surface area contributed by atoms with E-state index < -0.39 is 0 Å². The summed E-state index contributed by atoms with van der Waals surface area (Å²) in [5, 5.41) is 28.7. The van der Waals surface area contributed by atoms with Gasteiger partial charge in [0.1, 0.15) is 17.0 Å². The lowest BCUT2D eigenvalue weighted by atomic mass is 10.0. The van der Waals surface area contributed by atoms with Gasteiger partial charge in [0.05, 0.1) is 5.69 Å². The number of rotatable bonds is 2. The lowest BCUT2D eigenvalue weighted by Gasteiger charge is -2.18. The fraction of sp³-hybridized carbons (Fsp3) is 0. The molecule has 0 saturated heterocycles. The molecule has 25 heavy (non-hydrogen) atoms. The number of nitrogens with one attached hydrogen (secondary N) is 1. The van der Waals surface area contributed by atoms with Gasteiger partial charge in [0.15, 0.2) is 5.75 Å². The van der Waals surface area contributed by atoms with Crippen molar-refractivity contribution >= 4 is 40.6 Å². The van der Waals surface area contributed by atoms with Crippen LogP contribution >= 0.6 is 0 Å². The summed E-state index contributed by atoms with van der Waals surface area (Å²) in [6.45, 7) is 3.77. The van der Waals surface area contributed by atoms with Crippen molar-refractivity contribution < 1.29 is 10.2 Å². The third-order valence-electron chi connectivity index (χ3n) is 4.22. The molecule has 1 aliphatic heterocycles. The molecule has 0 fully saturated rings. The van der Waals surface area contributed by atoms with Gasteiger partial charge in [-0.1, -0.05) is 24.8 Å². The minimum absolute atomic E-state index is 0.0338. The van der Waals surface area contributed by atoms with Crippen LogP contribution in [0.2, 0.25) is 0 Å². The molecule has 0 atom stereocenters. The zero-order valence-corrected chi connectivity index (χ0v) is 13.0. The fourth-order valence-electron chi connectivity index (χ4n) is 2.92. The number of hydrogen-bond donors (Lipinski definition) is 3. The van der Waals surface area contributed by atoms with Crippen molar-refractivity contribution in [2.24, 2.45) is 5.18 Å². The van der Waals surface area contributed by atoms with E-state index in [4.69, 9.17) is 0 Å². The Morgan fingerprint density at radius 2 is 1.96 bits per heavy atom. The van der Waals surface area contributed by atoms with Crippen LogP contribution in [0.5, 0.6) is 11.5 Å². The summed E-state index contributed by atoms with van der Waals surface area (Å²) >= 11 is 0. The lowest BCUT2D eigenvalue weighted by Crippen LogP contribution is -2.18. The second-order valence-electron chi connectivity index (χ2n) is 5.69. The number of anilines is 1. The minimum atomic E-state index is -0.0659. The normalized spacial score (nSPS) is 12.7. The van der Waals surface area contributed by atoms with E-state index in [1.54, 1.807) is 30.4 Å². The highest BCUT2D eigenvalue weighted by Crippen LogP contribution is 2.39. The standard InChI is InChI=1S/C19H13N3O3/c1-10-4-5-11-6-7-14(21-16(11)18(10)23)13-9-15(22-25)12-3-2-8-20-17(12)19(13)24/h2-9,21,23-24H,1H2. The number of nitrogens with zero attached hydrogens (tertiary/aromatic N) is 2. The summed E-state index contributed by atoms with van der Waals surface area (Å²) in [7, 11) is 0. The Bertz CT molecular complexity index is 1180. The monoisotopic (exact) mass is 331 g/mol. The number of pyridine rings is 1. The molecule has 122 valence electrons. The molecular formula is C19H13N3O3. The number of benzene rings is 2. The van der Waals surface area contributed by atoms with Gasteiger partial charge in [-0.2, -0.15) is 0 Å². The predicted molar refractivity (Wildman–Crippen MR) is 97.8 cm³/mol. The molecule has 0 unspecified atom stereocenters. The molecule has 2 aromatic carbocycles. The van der Waals surface area contributed by atoms with Crippen molar-refractivity contribution in [3.63, 3.8) is 0 Å². The molecule has 2 heterocycles. The van der Waals surface area contributed by atoms with Crippen molar-refractivity contribution in [1.82, 2.24) is 4.98 Å². The van der Waals surface area contributed by atoms with Crippen molar-refractivity contribution in [3.8, 4) is 11.5 Å². The number of hydrogen-bond acceptors (Lipinski definition) is 6. The van der Waals surface area contributed by atoms with Crippen LogP contribution in [0.25, 0.3) is 29.3 Å². The Morgan fingerprint density at radius 1 is 1.12 bits per heavy atom. The third-order valence-corrected chi connectivity index (χ3v) is 4.22. The summed E-state index contributed by atoms with van der Waals surface area (Å²) in [5.74, 6) is -0.0321. The Morgan fingerprint density at radius 3 is 2.76 bits per heavy atom. The lowest BCUT2D eigenvalue weighted by molar-refractivity contribution is 0.472. The first-order chi connectivity index (χ1) is 12.1. The largest absolute Gasteiger partial charge is 0.505 e. The molecule has 3 N–H and O–H groups in total. The van der Waals surface area contributed by atoms with E-state index in [1.165, 1.54) is 12.3 Å². The van der Waals surface area contributed by atoms with Gasteiger partial charge in [0.2, 0.25) is 0 Å². The average Bonchev–Trinajstić information content (AvgIpc) is 2.65. The van der Waals surface area contributed by atoms with E-state index in [1.807, 2.05) is 6.07 Å². The molecule has 0 aliphatic carbocycles. The van der Waals surface area contributed by atoms with Gasteiger partial charge in [-0.3, -0.25) is 4.98 Å². The van der Waals surface area contributed by atoms with E-state index >= 15 is 0 Å². The summed E-state index contributed by atoms with van der Waals surface area (Å²) in [4.78, 5) is 15.4. The van der Waals surface area contributed by atoms with Crippen LogP contribution in [0, 0.1) is 4.91 Å². The first-order valence-corrected chi connectivity index (χ1v) is 7.54. The highest BCUT2D eigenvalue weighted by Gasteiger charge is 2.18. The molecule has 6 heteroatoms. The Labute approximate surface area is 142 Å². The van der Waals surface area contributed by atoms with E-state index in [0.29, 0.717) is 33.1 Å². The van der Waals surface area contributed by atoms with Crippen molar-refractivity contribution in [3.05, 3.63) is 63.5 Å². The maximum Gasteiger partial charge on any atom is 0.151 e. The number of allylic oxidation sites excluding steroid dienone is 1. The quantitative estimate of drug-likeness (QED) is 0.496. The van der Waals surface area contributed by atoms with E-state index in [0.717, 1.165) is 5.22 Å². The van der Waals surface area contributed by atoms with Gasteiger partial charge < -0.3 is 15.5 Å². The third kappa shape index (κ3) is 2.23. The van der Waals surface area contributed by atoms with Gasteiger partial charge in [0, 0.05) is 33.3 Å². The maximum absolute atomic E-state index is 11.2. The molecular weight excluding hydrogens is 318 g/mol. The number of nitroso groups, excluding NO2 is 1. The second kappa shape index (κ2) is 5.45. The maximum atomic E-state index is 11.2. The van der Waals surface area contributed by atoms with E-state index in [2.05, 4.69) is 22.1 Å². The SMILES string of the molecule is C=c1ccc2c(c1O)NC(c1cc(N=O)c3cccnc3c1O)=CC=2. The first-order valence-electron chi connectivity index (χ1n) is 7.54. The fourth-order valence-corrected chi connectivity index (χ4v) is 2.92. The summed E-state index contributed by atoms with van der Waals surface area (Å²) < 4.78 is 0. The van der Waals surface area contributed by atoms with Crippen LogP contribution in [0.15, 0.2) is 47.8 Å². The zero-order chi connectivity index (χ0) is 17.6. The Kier molecular flexibility index (Phi) is 3.25. The Hall–Kier alpha value is -3.67. The number of phenols is 2. The van der Waals surface area contributed by atoms with Gasteiger partial charge in [0.25, 0.3) is 0 Å². The molecule has 1 aliphatic rings. The molecule has 4 rings (SSSR count). The van der Waals surface area contributed by atoms with Crippen LogP contribution in [-0.4, -0.2) is 15.2 Å².